The first-order valence-corrected chi connectivity index (χ1v) is 7.77. The fraction of sp³-hybridized carbons (Fsp3) is 0.625. The van der Waals surface area contributed by atoms with E-state index in [1.54, 1.807) is 12.1 Å². The van der Waals surface area contributed by atoms with Crippen molar-refractivity contribution in [3.63, 3.8) is 0 Å². The molecule has 0 aliphatic carbocycles. The maximum Gasteiger partial charge on any atom is 0.138 e. The van der Waals surface area contributed by atoms with Gasteiger partial charge in [0.15, 0.2) is 0 Å². The maximum absolute atomic E-state index is 10.0. The predicted octanol–water partition coefficient (Wildman–Crippen LogP) is 2.63. The second-order valence-corrected chi connectivity index (χ2v) is 6.51. The summed E-state index contributed by atoms with van der Waals surface area (Å²) in [6.45, 7) is 5.68. The van der Waals surface area contributed by atoms with E-state index in [9.17, 15) is 5.11 Å². The molecule has 1 fully saturated rings. The Labute approximate surface area is 131 Å². The van der Waals surface area contributed by atoms with Crippen LogP contribution in [0.15, 0.2) is 24.3 Å². The van der Waals surface area contributed by atoms with Crippen LogP contribution in [0.2, 0.25) is 5.02 Å². The highest BCUT2D eigenvalue weighted by Crippen LogP contribution is 2.24. The molecule has 1 aliphatic rings. The zero-order valence-corrected chi connectivity index (χ0v) is 13.4. The first-order valence-electron chi connectivity index (χ1n) is 7.39. The molecule has 1 aromatic carbocycles. The zero-order valence-electron chi connectivity index (χ0n) is 12.6. The van der Waals surface area contributed by atoms with Crippen LogP contribution in [0.3, 0.4) is 0 Å². The largest absolute Gasteiger partial charge is 0.489 e. The van der Waals surface area contributed by atoms with Gasteiger partial charge in [-0.3, -0.25) is 0 Å². The molecule has 1 aromatic rings. The molecular weight excluding hydrogens is 290 g/mol. The van der Waals surface area contributed by atoms with Gasteiger partial charge < -0.3 is 19.9 Å². The molecule has 2 unspecified atom stereocenters. The van der Waals surface area contributed by atoms with Crippen molar-refractivity contribution >= 4 is 11.6 Å². The minimum atomic E-state index is -0.563. The maximum atomic E-state index is 10.0. The van der Waals surface area contributed by atoms with Crippen molar-refractivity contribution < 1.29 is 14.6 Å². The molecule has 1 aliphatic heterocycles. The topological polar surface area (TPSA) is 50.7 Å². The van der Waals surface area contributed by atoms with Gasteiger partial charge in [0.1, 0.15) is 18.5 Å². The van der Waals surface area contributed by atoms with E-state index < -0.39 is 6.10 Å². The van der Waals surface area contributed by atoms with Gasteiger partial charge in [0.25, 0.3) is 0 Å². The lowest BCUT2D eigenvalue weighted by Crippen LogP contribution is -2.46. The highest BCUT2D eigenvalue weighted by atomic mass is 35.5. The number of aliphatic hydroxyl groups is 1. The molecule has 0 saturated carbocycles. The average Bonchev–Trinajstić information content (AvgIpc) is 2.43. The number of halogens is 1. The van der Waals surface area contributed by atoms with Crippen molar-refractivity contribution in [2.45, 2.75) is 44.4 Å². The third kappa shape index (κ3) is 5.47. The first-order chi connectivity index (χ1) is 9.96. The SMILES string of the molecule is CC1(C)CC(NCC(O)COc2ccccc2Cl)CCO1. The van der Waals surface area contributed by atoms with Crippen LogP contribution < -0.4 is 10.1 Å². The minimum Gasteiger partial charge on any atom is -0.489 e. The summed E-state index contributed by atoms with van der Waals surface area (Å²) in [5, 5.41) is 13.9. The Morgan fingerprint density at radius 1 is 1.48 bits per heavy atom. The van der Waals surface area contributed by atoms with E-state index in [1.165, 1.54) is 0 Å². The van der Waals surface area contributed by atoms with Crippen molar-refractivity contribution in [3.8, 4) is 5.75 Å². The van der Waals surface area contributed by atoms with Gasteiger partial charge in [-0.15, -0.1) is 0 Å². The second kappa shape index (κ2) is 7.45. The Balaban J connectivity index is 1.70. The van der Waals surface area contributed by atoms with E-state index in [2.05, 4.69) is 19.2 Å². The fourth-order valence-corrected chi connectivity index (χ4v) is 2.71. The summed E-state index contributed by atoms with van der Waals surface area (Å²) in [7, 11) is 0. The van der Waals surface area contributed by atoms with E-state index in [-0.39, 0.29) is 12.2 Å². The third-order valence-electron chi connectivity index (χ3n) is 3.61. The summed E-state index contributed by atoms with van der Waals surface area (Å²) >= 11 is 6.00. The van der Waals surface area contributed by atoms with E-state index in [1.807, 2.05) is 12.1 Å². The second-order valence-electron chi connectivity index (χ2n) is 6.10. The summed E-state index contributed by atoms with van der Waals surface area (Å²) in [5.74, 6) is 0.602. The van der Waals surface area contributed by atoms with Gasteiger partial charge in [0.2, 0.25) is 0 Å². The van der Waals surface area contributed by atoms with Crippen LogP contribution >= 0.6 is 11.6 Å². The molecule has 0 amide bonds. The average molecular weight is 314 g/mol. The molecular formula is C16H24ClNO3. The van der Waals surface area contributed by atoms with E-state index >= 15 is 0 Å². The summed E-state index contributed by atoms with van der Waals surface area (Å²) in [6, 6.07) is 7.65. The van der Waals surface area contributed by atoms with Crippen LogP contribution in [-0.4, -0.2) is 42.6 Å². The third-order valence-corrected chi connectivity index (χ3v) is 3.92. The molecule has 0 aromatic heterocycles. The summed E-state index contributed by atoms with van der Waals surface area (Å²) < 4.78 is 11.2. The van der Waals surface area contributed by atoms with Crippen molar-refractivity contribution in [1.82, 2.24) is 5.32 Å². The molecule has 118 valence electrons. The van der Waals surface area contributed by atoms with Crippen LogP contribution in [0.5, 0.6) is 5.75 Å². The number of ether oxygens (including phenoxy) is 2. The number of rotatable bonds is 6. The molecule has 4 nitrogen and oxygen atoms in total. The lowest BCUT2D eigenvalue weighted by Gasteiger charge is -2.36. The first kappa shape index (κ1) is 16.6. The molecule has 1 saturated heterocycles. The number of para-hydroxylation sites is 1. The number of aliphatic hydroxyl groups excluding tert-OH is 1. The van der Waals surface area contributed by atoms with Gasteiger partial charge in [0, 0.05) is 19.2 Å². The molecule has 0 bridgehead atoms. The molecule has 1 heterocycles. The van der Waals surface area contributed by atoms with Crippen LogP contribution in [-0.2, 0) is 4.74 Å². The predicted molar refractivity (Wildman–Crippen MR) is 84.0 cm³/mol. The smallest absolute Gasteiger partial charge is 0.138 e. The van der Waals surface area contributed by atoms with Crippen LogP contribution in [0.1, 0.15) is 26.7 Å². The number of benzene rings is 1. The molecule has 5 heteroatoms. The summed E-state index contributed by atoms with van der Waals surface area (Å²) in [4.78, 5) is 0. The van der Waals surface area contributed by atoms with Crippen molar-refractivity contribution in [3.05, 3.63) is 29.3 Å². The fourth-order valence-electron chi connectivity index (χ4n) is 2.52. The summed E-state index contributed by atoms with van der Waals surface area (Å²) in [5.41, 5.74) is -0.0884. The Bertz CT molecular complexity index is 453. The van der Waals surface area contributed by atoms with Crippen LogP contribution in [0.25, 0.3) is 0 Å². The molecule has 2 atom stereocenters. The zero-order chi connectivity index (χ0) is 15.3. The standard InChI is InChI=1S/C16H24ClNO3/c1-16(2)9-12(7-8-21-16)18-10-13(19)11-20-15-6-4-3-5-14(15)17/h3-6,12-13,18-19H,7-11H2,1-2H3. The lowest BCUT2D eigenvalue weighted by molar-refractivity contribution is -0.0641. The normalized spacial score (nSPS) is 22.8. The van der Waals surface area contributed by atoms with Gasteiger partial charge in [-0.2, -0.15) is 0 Å². The Kier molecular flexibility index (Phi) is 5.88. The Morgan fingerprint density at radius 3 is 2.95 bits per heavy atom. The number of hydrogen-bond donors (Lipinski definition) is 2. The van der Waals surface area contributed by atoms with E-state index in [4.69, 9.17) is 21.1 Å². The van der Waals surface area contributed by atoms with Crippen LogP contribution in [0.4, 0.5) is 0 Å². The molecule has 21 heavy (non-hydrogen) atoms. The van der Waals surface area contributed by atoms with Gasteiger partial charge in [0.05, 0.1) is 10.6 Å². The van der Waals surface area contributed by atoms with Crippen molar-refractivity contribution in [1.29, 1.82) is 0 Å². The number of hydrogen-bond acceptors (Lipinski definition) is 4. The highest BCUT2D eigenvalue weighted by Gasteiger charge is 2.28. The van der Waals surface area contributed by atoms with Gasteiger partial charge in [-0.05, 0) is 38.8 Å². The monoisotopic (exact) mass is 313 g/mol. The quantitative estimate of drug-likeness (QED) is 0.847. The Hall–Kier alpha value is -0.810. The Morgan fingerprint density at radius 2 is 2.24 bits per heavy atom. The number of nitrogens with one attached hydrogen (secondary N) is 1. The lowest BCUT2D eigenvalue weighted by atomic mass is 9.94. The van der Waals surface area contributed by atoms with E-state index in [0.29, 0.717) is 23.4 Å². The van der Waals surface area contributed by atoms with E-state index in [0.717, 1.165) is 19.4 Å². The molecule has 0 radical (unpaired) electrons. The van der Waals surface area contributed by atoms with Gasteiger partial charge in [-0.1, -0.05) is 23.7 Å². The highest BCUT2D eigenvalue weighted by molar-refractivity contribution is 6.32. The summed E-state index contributed by atoms with van der Waals surface area (Å²) in [6.07, 6.45) is 1.36. The van der Waals surface area contributed by atoms with Crippen molar-refractivity contribution in [2.24, 2.45) is 0 Å². The van der Waals surface area contributed by atoms with Crippen LogP contribution in [0, 0.1) is 0 Å². The van der Waals surface area contributed by atoms with Crippen molar-refractivity contribution in [2.75, 3.05) is 19.8 Å². The van der Waals surface area contributed by atoms with Gasteiger partial charge >= 0.3 is 0 Å². The molecule has 2 N–H and O–H groups in total. The minimum absolute atomic E-state index is 0.0884. The molecule has 0 spiro atoms. The molecule has 2 rings (SSSR count). The van der Waals surface area contributed by atoms with Gasteiger partial charge in [-0.25, -0.2) is 0 Å².